The number of piperazine rings is 1. The van der Waals surface area contributed by atoms with E-state index in [0.29, 0.717) is 24.5 Å². The topological polar surface area (TPSA) is 108 Å². The third-order valence-corrected chi connectivity index (χ3v) is 3.38. The number of nitrogens with zero attached hydrogens (tertiary/aromatic N) is 4. The second-order valence-electron chi connectivity index (χ2n) is 4.87. The number of nitrogens with one attached hydrogen (secondary N) is 1. The largest absolute Gasteiger partial charge is 0.351 e. The molecule has 0 radical (unpaired) electrons. The molecule has 2 amide bonds. The minimum atomic E-state index is -0.711. The van der Waals surface area contributed by atoms with Crippen molar-refractivity contribution in [3.63, 3.8) is 0 Å². The van der Waals surface area contributed by atoms with E-state index < -0.39 is 11.6 Å². The number of aromatic nitrogens is 2. The number of carbonyl (C=O) groups excluding carboxylic acids is 1. The highest BCUT2D eigenvalue weighted by molar-refractivity contribution is 5.73. The van der Waals surface area contributed by atoms with Crippen LogP contribution in [0.4, 0.5) is 4.79 Å². The number of carbonyl (C=O) groups is 1. The van der Waals surface area contributed by atoms with E-state index in [4.69, 9.17) is 11.0 Å². The molecule has 7 heteroatoms. The molecule has 1 aromatic rings. The second-order valence-corrected chi connectivity index (χ2v) is 4.87. The van der Waals surface area contributed by atoms with Crippen molar-refractivity contribution in [2.24, 2.45) is 5.73 Å². The van der Waals surface area contributed by atoms with Crippen LogP contribution in [0.2, 0.25) is 0 Å². The summed E-state index contributed by atoms with van der Waals surface area (Å²) in [4.78, 5) is 21.7. The Kier molecular flexibility index (Phi) is 3.36. The summed E-state index contributed by atoms with van der Waals surface area (Å²) in [6.07, 6.45) is 2.90. The highest BCUT2D eigenvalue weighted by Gasteiger charge is 2.43. The second kappa shape index (κ2) is 4.82. The van der Waals surface area contributed by atoms with Crippen LogP contribution in [0.5, 0.6) is 0 Å². The van der Waals surface area contributed by atoms with Gasteiger partial charge in [-0.1, -0.05) is 0 Å². The van der Waals surface area contributed by atoms with E-state index in [1.54, 1.807) is 4.90 Å². The van der Waals surface area contributed by atoms with Gasteiger partial charge in [0.25, 0.3) is 0 Å². The van der Waals surface area contributed by atoms with Crippen molar-refractivity contribution in [2.75, 3.05) is 13.1 Å². The first-order valence-corrected chi connectivity index (χ1v) is 6.01. The van der Waals surface area contributed by atoms with Gasteiger partial charge < -0.3 is 16.0 Å². The molecule has 19 heavy (non-hydrogen) atoms. The Bertz CT molecular complexity index is 522. The fourth-order valence-electron chi connectivity index (χ4n) is 2.50. The number of primary amides is 1. The summed E-state index contributed by atoms with van der Waals surface area (Å²) in [6, 6.07) is 1.42. The summed E-state index contributed by atoms with van der Waals surface area (Å²) >= 11 is 0. The van der Waals surface area contributed by atoms with Crippen molar-refractivity contribution in [1.29, 1.82) is 5.26 Å². The summed E-state index contributed by atoms with van der Waals surface area (Å²) in [7, 11) is 0. The lowest BCUT2D eigenvalue weighted by atomic mass is 9.93. The molecule has 0 saturated carbocycles. The van der Waals surface area contributed by atoms with E-state index >= 15 is 0 Å². The molecular weight excluding hydrogens is 244 g/mol. The Hall–Kier alpha value is -2.20. The van der Waals surface area contributed by atoms with Gasteiger partial charge in [-0.2, -0.15) is 5.26 Å². The fraction of sp³-hybridized carbons (Fsp3) is 0.500. The summed E-state index contributed by atoms with van der Waals surface area (Å²) in [5.41, 5.74) is 5.15. The molecule has 1 aliphatic rings. The number of hydrogen-bond acceptors (Lipinski definition) is 5. The summed E-state index contributed by atoms with van der Waals surface area (Å²) in [6.45, 7) is 4.97. The number of urea groups is 1. The van der Waals surface area contributed by atoms with Crippen LogP contribution in [0.1, 0.15) is 25.2 Å². The molecular formula is C12H16N6O. The van der Waals surface area contributed by atoms with Crippen LogP contribution in [0.15, 0.2) is 12.4 Å². The lowest BCUT2D eigenvalue weighted by molar-refractivity contribution is 0.0622. The van der Waals surface area contributed by atoms with Gasteiger partial charge in [-0.15, -0.1) is 0 Å². The van der Waals surface area contributed by atoms with Gasteiger partial charge in [0.1, 0.15) is 11.6 Å². The van der Waals surface area contributed by atoms with E-state index in [2.05, 4.69) is 15.3 Å². The maximum absolute atomic E-state index is 11.7. The normalized spacial score (nSPS) is 26.8. The zero-order valence-corrected chi connectivity index (χ0v) is 10.9. The molecule has 1 saturated heterocycles. The predicted octanol–water partition coefficient (Wildman–Crippen LogP) is -0.0641. The first-order chi connectivity index (χ1) is 8.99. The first kappa shape index (κ1) is 13.2. The molecule has 2 atom stereocenters. The molecule has 1 aliphatic heterocycles. The summed E-state index contributed by atoms with van der Waals surface area (Å²) < 4.78 is 0. The monoisotopic (exact) mass is 260 g/mol. The highest BCUT2D eigenvalue weighted by Crippen LogP contribution is 2.29. The van der Waals surface area contributed by atoms with E-state index in [0.717, 1.165) is 0 Å². The van der Waals surface area contributed by atoms with Crippen LogP contribution in [-0.2, 0) is 5.54 Å². The van der Waals surface area contributed by atoms with Crippen LogP contribution in [-0.4, -0.2) is 40.0 Å². The number of nitrogens with two attached hydrogens (primary N) is 1. The molecule has 7 nitrogen and oxygen atoms in total. The third-order valence-electron chi connectivity index (χ3n) is 3.38. The summed E-state index contributed by atoms with van der Waals surface area (Å²) in [5.74, 6) is 0.476. The summed E-state index contributed by atoms with van der Waals surface area (Å²) in [5, 5.41) is 12.0. The lowest BCUT2D eigenvalue weighted by Gasteiger charge is -2.46. The van der Waals surface area contributed by atoms with Crippen LogP contribution < -0.4 is 11.1 Å². The fourth-order valence-corrected chi connectivity index (χ4v) is 2.50. The highest BCUT2D eigenvalue weighted by atomic mass is 16.2. The SMILES string of the molecule is CC1CNCC(C)(c2ncc(C#N)cn2)N1C(N)=O. The van der Waals surface area contributed by atoms with E-state index in [9.17, 15) is 4.79 Å². The molecule has 1 fully saturated rings. The van der Waals surface area contributed by atoms with Gasteiger partial charge in [0.05, 0.1) is 5.56 Å². The zero-order valence-electron chi connectivity index (χ0n) is 10.9. The van der Waals surface area contributed by atoms with Crippen molar-refractivity contribution < 1.29 is 4.79 Å². The number of hydrogen-bond donors (Lipinski definition) is 2. The average molecular weight is 260 g/mol. The molecule has 3 N–H and O–H groups in total. The minimum Gasteiger partial charge on any atom is -0.351 e. The number of nitriles is 1. The Morgan fingerprint density at radius 3 is 2.79 bits per heavy atom. The molecule has 1 aromatic heterocycles. The van der Waals surface area contributed by atoms with Gasteiger partial charge in [0, 0.05) is 31.5 Å². The molecule has 100 valence electrons. The average Bonchev–Trinajstić information content (AvgIpc) is 2.38. The molecule has 2 rings (SSSR count). The van der Waals surface area contributed by atoms with Gasteiger partial charge in [-0.05, 0) is 13.8 Å². The number of rotatable bonds is 1. The van der Waals surface area contributed by atoms with E-state index in [-0.39, 0.29) is 6.04 Å². The molecule has 0 spiro atoms. The van der Waals surface area contributed by atoms with Crippen LogP contribution in [0.3, 0.4) is 0 Å². The Morgan fingerprint density at radius 2 is 2.26 bits per heavy atom. The maximum Gasteiger partial charge on any atom is 0.315 e. The van der Waals surface area contributed by atoms with Crippen molar-refractivity contribution in [3.8, 4) is 6.07 Å². The minimum absolute atomic E-state index is 0.0458. The molecule has 0 bridgehead atoms. The van der Waals surface area contributed by atoms with Crippen molar-refractivity contribution in [3.05, 3.63) is 23.8 Å². The van der Waals surface area contributed by atoms with Crippen LogP contribution >= 0.6 is 0 Å². The molecule has 2 unspecified atom stereocenters. The Balaban J connectivity index is 2.42. The van der Waals surface area contributed by atoms with Crippen molar-refractivity contribution >= 4 is 6.03 Å². The van der Waals surface area contributed by atoms with E-state index in [1.807, 2.05) is 19.9 Å². The lowest BCUT2D eigenvalue weighted by Crippen LogP contribution is -2.65. The first-order valence-electron chi connectivity index (χ1n) is 6.01. The van der Waals surface area contributed by atoms with Gasteiger partial charge in [0.15, 0.2) is 5.82 Å². The number of amides is 2. The zero-order chi connectivity index (χ0) is 14.0. The van der Waals surface area contributed by atoms with Crippen LogP contribution in [0.25, 0.3) is 0 Å². The van der Waals surface area contributed by atoms with Gasteiger partial charge >= 0.3 is 6.03 Å². The van der Waals surface area contributed by atoms with Gasteiger partial charge in [-0.25, -0.2) is 14.8 Å². The Morgan fingerprint density at radius 1 is 1.63 bits per heavy atom. The standard InChI is InChI=1S/C12H16N6O/c1-8-4-15-7-12(2,18(8)11(14)19)10-16-5-9(3-13)6-17-10/h5-6,8,15H,4,7H2,1-2H3,(H2,14,19). The predicted molar refractivity (Wildman–Crippen MR) is 67.9 cm³/mol. The molecule has 2 heterocycles. The quantitative estimate of drug-likeness (QED) is 0.735. The molecule has 0 aliphatic carbocycles. The van der Waals surface area contributed by atoms with Crippen molar-refractivity contribution in [1.82, 2.24) is 20.2 Å². The third kappa shape index (κ3) is 2.22. The smallest absolute Gasteiger partial charge is 0.315 e. The Labute approximate surface area is 111 Å². The van der Waals surface area contributed by atoms with E-state index in [1.165, 1.54) is 12.4 Å². The van der Waals surface area contributed by atoms with Crippen LogP contribution in [0, 0.1) is 11.3 Å². The molecule has 0 aromatic carbocycles. The maximum atomic E-state index is 11.7. The van der Waals surface area contributed by atoms with Gasteiger partial charge in [0.2, 0.25) is 0 Å². The van der Waals surface area contributed by atoms with Gasteiger partial charge in [-0.3, -0.25) is 0 Å². The van der Waals surface area contributed by atoms with Crippen molar-refractivity contribution in [2.45, 2.75) is 25.4 Å².